The molecule has 0 spiro atoms. The number of anilines is 1. The number of nitrogens with two attached hydrogens (primary N) is 1. The van der Waals surface area contributed by atoms with Crippen molar-refractivity contribution in [3.05, 3.63) is 54.6 Å². The molecule has 2 aromatic carbocycles. The van der Waals surface area contributed by atoms with Crippen molar-refractivity contribution in [2.45, 2.75) is 39.5 Å². The number of rotatable bonds is 4. The Hall–Kier alpha value is -1.76. The van der Waals surface area contributed by atoms with Crippen molar-refractivity contribution in [2.75, 3.05) is 5.73 Å². The average Bonchev–Trinajstić information content (AvgIpc) is 2.47. The predicted octanol–water partition coefficient (Wildman–Crippen LogP) is 5.52. The Balaban J connectivity index is 0.000000258. The smallest absolute Gasteiger partial charge is 0.0393 e. The maximum atomic E-state index is 5.85. The largest absolute Gasteiger partial charge is 0.398 e. The standard InChI is InChI=1S/C12H11N.C6H14/c13-12-9-5-4-8-11(12)10-6-2-1-3-7-10;1-3-5-6-4-2/h1-9H,13H2;3-6H2,1-2H3. The Morgan fingerprint density at radius 2 is 1.26 bits per heavy atom. The van der Waals surface area contributed by atoms with Crippen LogP contribution >= 0.6 is 0 Å². The van der Waals surface area contributed by atoms with Crippen LogP contribution in [0.3, 0.4) is 0 Å². The van der Waals surface area contributed by atoms with Crippen LogP contribution in [0.2, 0.25) is 0 Å². The molecule has 0 aliphatic heterocycles. The summed E-state index contributed by atoms with van der Waals surface area (Å²) in [7, 11) is 0. The van der Waals surface area contributed by atoms with Gasteiger partial charge in [0.2, 0.25) is 0 Å². The normalized spacial score (nSPS) is 9.58. The van der Waals surface area contributed by atoms with E-state index in [4.69, 9.17) is 5.73 Å². The Bertz CT molecular complexity index is 444. The lowest BCUT2D eigenvalue weighted by molar-refractivity contribution is 0.702. The first-order chi connectivity index (χ1) is 9.29. The van der Waals surface area contributed by atoms with Crippen LogP contribution in [0.25, 0.3) is 11.1 Å². The molecule has 0 fully saturated rings. The van der Waals surface area contributed by atoms with Crippen molar-refractivity contribution >= 4 is 5.69 Å². The van der Waals surface area contributed by atoms with Crippen molar-refractivity contribution in [2.24, 2.45) is 0 Å². The predicted molar refractivity (Wildman–Crippen MR) is 86.1 cm³/mol. The highest BCUT2D eigenvalue weighted by atomic mass is 14.6. The molecular formula is C18H25N. The first-order valence-electron chi connectivity index (χ1n) is 7.19. The molecule has 0 aliphatic carbocycles. The monoisotopic (exact) mass is 255 g/mol. The second-order valence-corrected chi connectivity index (χ2v) is 4.66. The molecule has 1 heteroatoms. The first-order valence-corrected chi connectivity index (χ1v) is 7.19. The molecule has 102 valence electrons. The Labute approximate surface area is 117 Å². The Kier molecular flexibility index (Phi) is 7.41. The second-order valence-electron chi connectivity index (χ2n) is 4.66. The van der Waals surface area contributed by atoms with Crippen molar-refractivity contribution in [1.29, 1.82) is 0 Å². The highest BCUT2D eigenvalue weighted by Gasteiger charge is 1.98. The molecule has 0 aliphatic rings. The third kappa shape index (κ3) is 5.60. The van der Waals surface area contributed by atoms with Gasteiger partial charge in [0.15, 0.2) is 0 Å². The zero-order valence-electron chi connectivity index (χ0n) is 12.1. The number of unbranched alkanes of at least 4 members (excludes halogenated alkanes) is 3. The van der Waals surface area contributed by atoms with Gasteiger partial charge in [0.25, 0.3) is 0 Å². The van der Waals surface area contributed by atoms with Crippen molar-refractivity contribution in [1.82, 2.24) is 0 Å². The van der Waals surface area contributed by atoms with E-state index in [1.54, 1.807) is 0 Å². The van der Waals surface area contributed by atoms with Crippen molar-refractivity contribution in [3.63, 3.8) is 0 Å². The number of nitrogen functional groups attached to an aromatic ring is 1. The van der Waals surface area contributed by atoms with E-state index in [1.807, 2.05) is 42.5 Å². The van der Waals surface area contributed by atoms with Gasteiger partial charge < -0.3 is 5.73 Å². The summed E-state index contributed by atoms with van der Waals surface area (Å²) in [5, 5.41) is 0. The molecule has 0 saturated heterocycles. The van der Waals surface area contributed by atoms with E-state index in [9.17, 15) is 0 Å². The maximum Gasteiger partial charge on any atom is 0.0393 e. The third-order valence-electron chi connectivity index (χ3n) is 3.00. The van der Waals surface area contributed by atoms with E-state index in [0.29, 0.717) is 0 Å². The minimum atomic E-state index is 0.828. The summed E-state index contributed by atoms with van der Waals surface area (Å²) in [4.78, 5) is 0. The number of hydrogen-bond donors (Lipinski definition) is 1. The molecule has 0 atom stereocenters. The molecule has 0 unspecified atom stereocenters. The lowest BCUT2D eigenvalue weighted by Gasteiger charge is -2.03. The highest BCUT2D eigenvalue weighted by molar-refractivity contribution is 5.75. The van der Waals surface area contributed by atoms with E-state index in [0.717, 1.165) is 11.3 Å². The molecular weight excluding hydrogens is 230 g/mol. The van der Waals surface area contributed by atoms with E-state index < -0.39 is 0 Å². The zero-order chi connectivity index (χ0) is 13.9. The fourth-order valence-corrected chi connectivity index (χ4v) is 1.88. The lowest BCUT2D eigenvalue weighted by atomic mass is 10.0. The van der Waals surface area contributed by atoms with Crippen molar-refractivity contribution in [3.8, 4) is 11.1 Å². The van der Waals surface area contributed by atoms with Gasteiger partial charge >= 0.3 is 0 Å². The summed E-state index contributed by atoms with van der Waals surface area (Å²) in [5.74, 6) is 0. The van der Waals surface area contributed by atoms with Gasteiger partial charge in [0, 0.05) is 11.3 Å². The van der Waals surface area contributed by atoms with E-state index >= 15 is 0 Å². The number of benzene rings is 2. The van der Waals surface area contributed by atoms with E-state index in [1.165, 1.54) is 31.2 Å². The summed E-state index contributed by atoms with van der Waals surface area (Å²) in [6.07, 6.45) is 5.54. The highest BCUT2D eigenvalue weighted by Crippen LogP contribution is 2.24. The van der Waals surface area contributed by atoms with Crippen LogP contribution in [0.1, 0.15) is 39.5 Å². The molecule has 0 amide bonds. The fourth-order valence-electron chi connectivity index (χ4n) is 1.88. The van der Waals surface area contributed by atoms with Gasteiger partial charge in [-0.3, -0.25) is 0 Å². The molecule has 0 bridgehead atoms. The van der Waals surface area contributed by atoms with Crippen LogP contribution in [0.4, 0.5) is 5.69 Å². The summed E-state index contributed by atoms with van der Waals surface area (Å²) in [6, 6.07) is 18.1. The molecule has 0 heterocycles. The summed E-state index contributed by atoms with van der Waals surface area (Å²) in [5.41, 5.74) is 8.95. The van der Waals surface area contributed by atoms with Gasteiger partial charge in [-0.25, -0.2) is 0 Å². The molecule has 2 rings (SSSR count). The molecule has 1 nitrogen and oxygen atoms in total. The Morgan fingerprint density at radius 1 is 0.737 bits per heavy atom. The topological polar surface area (TPSA) is 26.0 Å². The molecule has 2 N–H and O–H groups in total. The van der Waals surface area contributed by atoms with Crippen LogP contribution in [0.15, 0.2) is 54.6 Å². The maximum absolute atomic E-state index is 5.85. The molecule has 0 aromatic heterocycles. The number of para-hydroxylation sites is 1. The van der Waals surface area contributed by atoms with Crippen LogP contribution in [-0.4, -0.2) is 0 Å². The minimum absolute atomic E-state index is 0.828. The van der Waals surface area contributed by atoms with E-state index in [2.05, 4.69) is 26.0 Å². The summed E-state index contributed by atoms with van der Waals surface area (Å²) >= 11 is 0. The Morgan fingerprint density at radius 3 is 1.79 bits per heavy atom. The van der Waals surface area contributed by atoms with Crippen LogP contribution in [-0.2, 0) is 0 Å². The zero-order valence-corrected chi connectivity index (χ0v) is 12.1. The number of hydrogen-bond acceptors (Lipinski definition) is 1. The second kappa shape index (κ2) is 9.21. The van der Waals surface area contributed by atoms with Crippen molar-refractivity contribution < 1.29 is 0 Å². The molecule has 0 radical (unpaired) electrons. The van der Waals surface area contributed by atoms with Crippen LogP contribution < -0.4 is 5.73 Å². The SMILES string of the molecule is CCCCCC.Nc1ccccc1-c1ccccc1. The van der Waals surface area contributed by atoms with Gasteiger partial charge in [-0.05, 0) is 11.6 Å². The van der Waals surface area contributed by atoms with Crippen LogP contribution in [0.5, 0.6) is 0 Å². The van der Waals surface area contributed by atoms with Crippen LogP contribution in [0, 0.1) is 0 Å². The summed E-state index contributed by atoms with van der Waals surface area (Å²) < 4.78 is 0. The third-order valence-corrected chi connectivity index (χ3v) is 3.00. The first kappa shape index (κ1) is 15.3. The fraction of sp³-hybridized carbons (Fsp3) is 0.333. The molecule has 2 aromatic rings. The average molecular weight is 255 g/mol. The van der Waals surface area contributed by atoms with Gasteiger partial charge in [0.1, 0.15) is 0 Å². The van der Waals surface area contributed by atoms with Gasteiger partial charge in [-0.2, -0.15) is 0 Å². The van der Waals surface area contributed by atoms with Gasteiger partial charge in [-0.1, -0.05) is 88.1 Å². The summed E-state index contributed by atoms with van der Waals surface area (Å²) in [6.45, 7) is 4.46. The van der Waals surface area contributed by atoms with E-state index in [-0.39, 0.29) is 0 Å². The molecule has 0 saturated carbocycles. The van der Waals surface area contributed by atoms with Gasteiger partial charge in [0.05, 0.1) is 0 Å². The minimum Gasteiger partial charge on any atom is -0.398 e. The molecule has 19 heavy (non-hydrogen) atoms. The van der Waals surface area contributed by atoms with Gasteiger partial charge in [-0.15, -0.1) is 0 Å². The quantitative estimate of drug-likeness (QED) is 0.564. The lowest BCUT2D eigenvalue weighted by Crippen LogP contribution is -1.88.